The molecule has 1 fully saturated rings. The number of carbonyl (C=O) groups is 3. The number of rotatable bonds is 5. The Labute approximate surface area is 169 Å². The van der Waals surface area contributed by atoms with Gasteiger partial charge in [0.15, 0.2) is 6.61 Å². The van der Waals surface area contributed by atoms with Crippen LogP contribution < -0.4 is 5.32 Å². The monoisotopic (exact) mass is 450 g/mol. The van der Waals surface area contributed by atoms with Crippen LogP contribution in [0, 0.1) is 6.92 Å². The molecular formula is C19H19BrN2O4S. The van der Waals surface area contributed by atoms with E-state index >= 15 is 0 Å². The van der Waals surface area contributed by atoms with Crippen molar-refractivity contribution in [3.63, 3.8) is 0 Å². The molecule has 1 aliphatic rings. The molecule has 0 saturated carbocycles. The highest BCUT2D eigenvalue weighted by Crippen LogP contribution is 2.23. The van der Waals surface area contributed by atoms with Crippen molar-refractivity contribution in [3.05, 3.63) is 50.6 Å². The van der Waals surface area contributed by atoms with Crippen LogP contribution in [0.3, 0.4) is 0 Å². The summed E-state index contributed by atoms with van der Waals surface area (Å²) in [5, 5.41) is 4.52. The van der Waals surface area contributed by atoms with Gasteiger partial charge in [-0.1, -0.05) is 22.0 Å². The molecule has 6 nitrogen and oxygen atoms in total. The largest absolute Gasteiger partial charge is 0.454 e. The van der Waals surface area contributed by atoms with Crippen molar-refractivity contribution in [1.82, 2.24) is 4.90 Å². The summed E-state index contributed by atoms with van der Waals surface area (Å²) >= 11 is 4.74. The SMILES string of the molecule is Cc1cc(NC(=O)COC(=O)C2CCCN2C(=O)c2cccs2)ccc1Br. The first-order valence-electron chi connectivity index (χ1n) is 8.53. The lowest BCUT2D eigenvalue weighted by Gasteiger charge is -2.22. The number of nitrogens with one attached hydrogen (secondary N) is 1. The molecule has 142 valence electrons. The second-order valence-electron chi connectivity index (χ2n) is 6.25. The number of nitrogens with zero attached hydrogens (tertiary/aromatic N) is 1. The maximum atomic E-state index is 12.5. The number of hydrogen-bond acceptors (Lipinski definition) is 5. The maximum Gasteiger partial charge on any atom is 0.329 e. The Kier molecular flexibility index (Phi) is 6.28. The van der Waals surface area contributed by atoms with E-state index in [1.54, 1.807) is 18.2 Å². The molecule has 27 heavy (non-hydrogen) atoms. The van der Waals surface area contributed by atoms with Crippen LogP contribution in [0.15, 0.2) is 40.2 Å². The summed E-state index contributed by atoms with van der Waals surface area (Å²) in [5.74, 6) is -1.13. The number of likely N-dealkylation sites (tertiary alicyclic amines) is 1. The molecule has 1 aromatic carbocycles. The van der Waals surface area contributed by atoms with Crippen LogP contribution in [0.1, 0.15) is 28.1 Å². The fraction of sp³-hybridized carbons (Fsp3) is 0.316. The van der Waals surface area contributed by atoms with Crippen LogP contribution in [0.4, 0.5) is 5.69 Å². The van der Waals surface area contributed by atoms with Gasteiger partial charge in [-0.15, -0.1) is 11.3 Å². The van der Waals surface area contributed by atoms with E-state index in [0.29, 0.717) is 23.5 Å². The topological polar surface area (TPSA) is 75.7 Å². The minimum atomic E-state index is -0.637. The lowest BCUT2D eigenvalue weighted by molar-refractivity contribution is -0.151. The lowest BCUT2D eigenvalue weighted by Crippen LogP contribution is -2.41. The Morgan fingerprint density at radius 1 is 1.33 bits per heavy atom. The standard InChI is InChI=1S/C19H19BrN2O4S/c1-12-10-13(6-7-14(12)20)21-17(23)11-26-19(25)15-4-2-8-22(15)18(24)16-5-3-9-27-16/h3,5-7,9-10,15H,2,4,8,11H2,1H3,(H,21,23). The second kappa shape index (κ2) is 8.67. The smallest absolute Gasteiger partial charge is 0.329 e. The Hall–Kier alpha value is -2.19. The molecule has 2 aromatic rings. The molecule has 1 atom stereocenters. The first-order valence-corrected chi connectivity index (χ1v) is 10.2. The van der Waals surface area contributed by atoms with E-state index in [4.69, 9.17) is 4.74 Å². The van der Waals surface area contributed by atoms with Gasteiger partial charge >= 0.3 is 5.97 Å². The average Bonchev–Trinajstić information content (AvgIpc) is 3.34. The highest BCUT2D eigenvalue weighted by atomic mass is 79.9. The number of thiophene rings is 1. The van der Waals surface area contributed by atoms with E-state index in [1.165, 1.54) is 16.2 Å². The number of carbonyl (C=O) groups excluding carboxylic acids is 3. The second-order valence-corrected chi connectivity index (χ2v) is 8.06. The first-order chi connectivity index (χ1) is 13.0. The summed E-state index contributed by atoms with van der Waals surface area (Å²) in [4.78, 5) is 39.1. The Bertz CT molecular complexity index is 853. The van der Waals surface area contributed by atoms with E-state index < -0.39 is 17.9 Å². The molecule has 0 spiro atoms. The number of ether oxygens (including phenoxy) is 1. The predicted octanol–water partition coefficient (Wildman–Crippen LogP) is 3.61. The van der Waals surface area contributed by atoms with Gasteiger partial charge in [0, 0.05) is 16.7 Å². The highest BCUT2D eigenvalue weighted by Gasteiger charge is 2.36. The van der Waals surface area contributed by atoms with Crippen molar-refractivity contribution < 1.29 is 19.1 Å². The maximum absolute atomic E-state index is 12.5. The van der Waals surface area contributed by atoms with E-state index in [0.717, 1.165) is 16.5 Å². The van der Waals surface area contributed by atoms with Crippen molar-refractivity contribution in [3.8, 4) is 0 Å². The molecule has 0 bridgehead atoms. The van der Waals surface area contributed by atoms with E-state index in [9.17, 15) is 14.4 Å². The molecular weight excluding hydrogens is 432 g/mol. The third-order valence-corrected chi connectivity index (χ3v) is 6.05. The quantitative estimate of drug-likeness (QED) is 0.705. The van der Waals surface area contributed by atoms with Crippen LogP contribution in [-0.2, 0) is 14.3 Å². The first kappa shape index (κ1) is 19.6. The van der Waals surface area contributed by atoms with Gasteiger partial charge < -0.3 is 15.0 Å². The van der Waals surface area contributed by atoms with Gasteiger partial charge in [0.25, 0.3) is 11.8 Å². The fourth-order valence-corrected chi connectivity index (χ4v) is 3.87. The average molecular weight is 451 g/mol. The van der Waals surface area contributed by atoms with E-state index in [1.807, 2.05) is 24.4 Å². The van der Waals surface area contributed by atoms with Gasteiger partial charge in [-0.25, -0.2) is 4.79 Å². The Morgan fingerprint density at radius 3 is 2.85 bits per heavy atom. The number of aryl methyl sites for hydroxylation is 1. The molecule has 1 N–H and O–H groups in total. The molecule has 2 heterocycles. The summed E-state index contributed by atoms with van der Waals surface area (Å²) in [6, 6.07) is 8.32. The zero-order valence-corrected chi connectivity index (χ0v) is 17.1. The molecule has 2 amide bonds. The fourth-order valence-electron chi connectivity index (χ4n) is 2.95. The molecule has 1 aliphatic heterocycles. The van der Waals surface area contributed by atoms with Crippen molar-refractivity contribution in [2.45, 2.75) is 25.8 Å². The number of esters is 1. The number of amides is 2. The van der Waals surface area contributed by atoms with E-state index in [2.05, 4.69) is 21.2 Å². The minimum absolute atomic E-state index is 0.167. The van der Waals surface area contributed by atoms with Crippen LogP contribution in [0.5, 0.6) is 0 Å². The third-order valence-electron chi connectivity index (χ3n) is 4.30. The molecule has 8 heteroatoms. The van der Waals surface area contributed by atoms with Crippen LogP contribution in [-0.4, -0.2) is 41.9 Å². The zero-order chi connectivity index (χ0) is 19.4. The Morgan fingerprint density at radius 2 is 2.15 bits per heavy atom. The van der Waals surface area contributed by atoms with Crippen molar-refractivity contribution in [2.24, 2.45) is 0 Å². The summed E-state index contributed by atoms with van der Waals surface area (Å²) < 4.78 is 6.11. The summed E-state index contributed by atoms with van der Waals surface area (Å²) in [5.41, 5.74) is 1.62. The van der Waals surface area contributed by atoms with Gasteiger partial charge in [-0.2, -0.15) is 0 Å². The van der Waals surface area contributed by atoms with E-state index in [-0.39, 0.29) is 12.5 Å². The Balaban J connectivity index is 1.54. The van der Waals surface area contributed by atoms with Gasteiger partial charge in [0.2, 0.25) is 0 Å². The number of anilines is 1. The molecule has 3 rings (SSSR count). The number of benzene rings is 1. The molecule has 1 saturated heterocycles. The predicted molar refractivity (Wildman–Crippen MR) is 107 cm³/mol. The van der Waals surface area contributed by atoms with Crippen molar-refractivity contribution in [1.29, 1.82) is 0 Å². The molecule has 0 radical (unpaired) electrons. The van der Waals surface area contributed by atoms with Gasteiger partial charge in [-0.05, 0) is 55.0 Å². The van der Waals surface area contributed by atoms with Crippen molar-refractivity contribution in [2.75, 3.05) is 18.5 Å². The minimum Gasteiger partial charge on any atom is -0.454 e. The van der Waals surface area contributed by atoms with Gasteiger partial charge in [0.1, 0.15) is 6.04 Å². The third kappa shape index (κ3) is 4.75. The summed E-state index contributed by atoms with van der Waals surface area (Å²) in [7, 11) is 0. The van der Waals surface area contributed by atoms with Gasteiger partial charge in [0.05, 0.1) is 4.88 Å². The molecule has 1 aromatic heterocycles. The normalized spacial score (nSPS) is 16.2. The molecule has 1 unspecified atom stereocenters. The summed E-state index contributed by atoms with van der Waals surface area (Å²) in [6.07, 6.45) is 1.28. The summed E-state index contributed by atoms with van der Waals surface area (Å²) in [6.45, 7) is 2.05. The lowest BCUT2D eigenvalue weighted by atomic mass is 10.2. The van der Waals surface area contributed by atoms with Crippen LogP contribution >= 0.6 is 27.3 Å². The van der Waals surface area contributed by atoms with Crippen LogP contribution in [0.25, 0.3) is 0 Å². The zero-order valence-electron chi connectivity index (χ0n) is 14.7. The van der Waals surface area contributed by atoms with Crippen LogP contribution in [0.2, 0.25) is 0 Å². The van der Waals surface area contributed by atoms with Crippen molar-refractivity contribution >= 4 is 50.7 Å². The highest BCUT2D eigenvalue weighted by molar-refractivity contribution is 9.10. The number of halogens is 1. The number of hydrogen-bond donors (Lipinski definition) is 1. The van der Waals surface area contributed by atoms with Gasteiger partial charge in [-0.3, -0.25) is 9.59 Å². The molecule has 0 aliphatic carbocycles.